The van der Waals surface area contributed by atoms with Crippen LogP contribution in [0.4, 0.5) is 0 Å². The highest BCUT2D eigenvalue weighted by Crippen LogP contribution is 2.21. The molecule has 2 aromatic rings. The topological polar surface area (TPSA) is 49.6 Å². The van der Waals surface area contributed by atoms with E-state index in [9.17, 15) is 0 Å². The van der Waals surface area contributed by atoms with Gasteiger partial charge in [0.25, 0.3) is 0 Å². The second kappa shape index (κ2) is 9.20. The van der Waals surface area contributed by atoms with E-state index >= 15 is 0 Å². The van der Waals surface area contributed by atoms with Crippen molar-refractivity contribution >= 4 is 17.7 Å². The number of guanidine groups is 1. The highest BCUT2D eigenvalue weighted by Gasteiger charge is 2.06. The molecule has 0 aliphatic heterocycles. The molecule has 1 atom stereocenters. The molecule has 0 saturated carbocycles. The van der Waals surface area contributed by atoms with E-state index in [0.29, 0.717) is 5.25 Å². The quantitative estimate of drug-likeness (QED) is 0.468. The Hall–Kier alpha value is -1.88. The minimum Gasteiger partial charge on any atom is -0.469 e. The van der Waals surface area contributed by atoms with Crippen molar-refractivity contribution in [3.05, 3.63) is 54.5 Å². The summed E-state index contributed by atoms with van der Waals surface area (Å²) in [5, 5.41) is 7.12. The first-order chi connectivity index (χ1) is 10.8. The van der Waals surface area contributed by atoms with Gasteiger partial charge in [0.15, 0.2) is 5.96 Å². The van der Waals surface area contributed by atoms with Gasteiger partial charge in [-0.3, -0.25) is 4.99 Å². The molecule has 2 rings (SSSR count). The van der Waals surface area contributed by atoms with Crippen LogP contribution in [0.2, 0.25) is 0 Å². The lowest BCUT2D eigenvalue weighted by molar-refractivity contribution is 0.507. The number of nitrogens with one attached hydrogen (secondary N) is 2. The van der Waals surface area contributed by atoms with Crippen molar-refractivity contribution in [1.29, 1.82) is 0 Å². The first-order valence-corrected chi connectivity index (χ1v) is 8.34. The van der Waals surface area contributed by atoms with Crippen molar-refractivity contribution < 1.29 is 4.42 Å². The van der Waals surface area contributed by atoms with Gasteiger partial charge >= 0.3 is 0 Å². The summed E-state index contributed by atoms with van der Waals surface area (Å²) in [7, 11) is 1.79. The predicted molar refractivity (Wildman–Crippen MR) is 93.5 cm³/mol. The van der Waals surface area contributed by atoms with Gasteiger partial charge in [-0.05, 0) is 24.3 Å². The molecular weight excluding hydrogens is 294 g/mol. The Balaban J connectivity index is 1.67. The van der Waals surface area contributed by atoms with Crippen molar-refractivity contribution in [3.63, 3.8) is 0 Å². The largest absolute Gasteiger partial charge is 0.469 e. The number of furan rings is 1. The van der Waals surface area contributed by atoms with Gasteiger partial charge in [-0.2, -0.15) is 0 Å². The molecule has 5 heteroatoms. The van der Waals surface area contributed by atoms with Gasteiger partial charge in [0.2, 0.25) is 0 Å². The van der Waals surface area contributed by atoms with Crippen LogP contribution in [0.3, 0.4) is 0 Å². The normalized spacial score (nSPS) is 12.9. The van der Waals surface area contributed by atoms with Crippen molar-refractivity contribution in [2.24, 2.45) is 4.99 Å². The van der Waals surface area contributed by atoms with Crippen LogP contribution in [-0.2, 0) is 6.42 Å². The Morgan fingerprint density at radius 2 is 2.00 bits per heavy atom. The summed E-state index contributed by atoms with van der Waals surface area (Å²) < 4.78 is 5.31. The van der Waals surface area contributed by atoms with Crippen LogP contribution < -0.4 is 10.6 Å². The Morgan fingerprint density at radius 1 is 1.18 bits per heavy atom. The van der Waals surface area contributed by atoms with Crippen molar-refractivity contribution in [1.82, 2.24) is 10.6 Å². The fourth-order valence-corrected chi connectivity index (χ4v) is 2.94. The molecule has 1 unspecified atom stereocenters. The van der Waals surface area contributed by atoms with E-state index in [-0.39, 0.29) is 0 Å². The molecule has 0 amide bonds. The number of thioether (sulfide) groups is 1. The summed E-state index contributed by atoms with van der Waals surface area (Å²) in [4.78, 5) is 5.53. The third-order valence-electron chi connectivity index (χ3n) is 3.10. The SMILES string of the molecule is CN=C(NCCc1ccco1)NCC(C)Sc1ccccc1. The van der Waals surface area contributed by atoms with Gasteiger partial charge in [-0.15, -0.1) is 11.8 Å². The Bertz CT molecular complexity index is 555. The zero-order chi connectivity index (χ0) is 15.6. The van der Waals surface area contributed by atoms with Gasteiger partial charge in [0.1, 0.15) is 5.76 Å². The maximum atomic E-state index is 5.31. The lowest BCUT2D eigenvalue weighted by Gasteiger charge is -2.15. The van der Waals surface area contributed by atoms with Crippen LogP contribution in [0.5, 0.6) is 0 Å². The molecule has 1 aromatic carbocycles. The minimum atomic E-state index is 0.464. The summed E-state index contributed by atoms with van der Waals surface area (Å²) in [6.07, 6.45) is 2.55. The van der Waals surface area contributed by atoms with Gasteiger partial charge in [-0.25, -0.2) is 0 Å². The molecule has 0 radical (unpaired) electrons. The number of hydrogen-bond donors (Lipinski definition) is 2. The summed E-state index contributed by atoms with van der Waals surface area (Å²) in [6.45, 7) is 3.87. The number of benzene rings is 1. The Kier molecular flexibility index (Phi) is 6.90. The van der Waals surface area contributed by atoms with Crippen molar-refractivity contribution in [3.8, 4) is 0 Å². The number of aliphatic imine (C=N–C) groups is 1. The lowest BCUT2D eigenvalue weighted by atomic mass is 10.3. The fourth-order valence-electron chi connectivity index (χ4n) is 1.99. The van der Waals surface area contributed by atoms with E-state index in [0.717, 1.165) is 31.2 Å². The van der Waals surface area contributed by atoms with Crippen LogP contribution in [0.25, 0.3) is 0 Å². The van der Waals surface area contributed by atoms with E-state index in [1.165, 1.54) is 4.90 Å². The third-order valence-corrected chi connectivity index (χ3v) is 4.22. The van der Waals surface area contributed by atoms with Crippen molar-refractivity contribution in [2.45, 2.75) is 23.5 Å². The first-order valence-electron chi connectivity index (χ1n) is 7.46. The standard InChI is InChI=1S/C17H23N3OS/c1-14(22-16-8-4-3-5-9-16)13-20-17(18-2)19-11-10-15-7-6-12-21-15/h3-9,12,14H,10-11,13H2,1-2H3,(H2,18,19,20). The molecule has 0 aliphatic rings. The molecule has 1 heterocycles. The summed E-state index contributed by atoms with van der Waals surface area (Å²) in [6, 6.07) is 14.3. The fraction of sp³-hybridized carbons (Fsp3) is 0.353. The molecule has 0 aliphatic carbocycles. The first kappa shape index (κ1) is 16.5. The van der Waals surface area contributed by atoms with E-state index in [2.05, 4.69) is 46.8 Å². The van der Waals surface area contributed by atoms with Gasteiger partial charge in [0.05, 0.1) is 6.26 Å². The van der Waals surface area contributed by atoms with Crippen molar-refractivity contribution in [2.75, 3.05) is 20.1 Å². The van der Waals surface area contributed by atoms with Gasteiger partial charge in [-0.1, -0.05) is 25.1 Å². The molecule has 0 spiro atoms. The molecule has 22 heavy (non-hydrogen) atoms. The van der Waals surface area contributed by atoms with Crippen LogP contribution in [-0.4, -0.2) is 31.3 Å². The molecule has 0 saturated heterocycles. The summed E-state index contributed by atoms with van der Waals surface area (Å²) in [5.41, 5.74) is 0. The predicted octanol–water partition coefficient (Wildman–Crippen LogP) is 3.17. The van der Waals surface area contributed by atoms with E-state index in [4.69, 9.17) is 4.42 Å². The summed E-state index contributed by atoms with van der Waals surface area (Å²) >= 11 is 1.86. The van der Waals surface area contributed by atoms with Crippen LogP contribution in [0.1, 0.15) is 12.7 Å². The smallest absolute Gasteiger partial charge is 0.191 e. The van der Waals surface area contributed by atoms with E-state index in [1.54, 1.807) is 13.3 Å². The maximum Gasteiger partial charge on any atom is 0.191 e. The van der Waals surface area contributed by atoms with Crippen LogP contribution in [0, 0.1) is 0 Å². The Labute approximate surface area is 136 Å². The highest BCUT2D eigenvalue weighted by molar-refractivity contribution is 8.00. The molecule has 0 fully saturated rings. The maximum absolute atomic E-state index is 5.31. The average Bonchev–Trinajstić information content (AvgIpc) is 3.05. The molecule has 0 bridgehead atoms. The van der Waals surface area contributed by atoms with Gasteiger partial charge < -0.3 is 15.1 Å². The van der Waals surface area contributed by atoms with E-state index < -0.39 is 0 Å². The molecule has 1 aromatic heterocycles. The summed E-state index contributed by atoms with van der Waals surface area (Å²) in [5.74, 6) is 1.81. The van der Waals surface area contributed by atoms with Crippen LogP contribution >= 0.6 is 11.8 Å². The van der Waals surface area contributed by atoms with E-state index in [1.807, 2.05) is 30.0 Å². The lowest BCUT2D eigenvalue weighted by Crippen LogP contribution is -2.40. The van der Waals surface area contributed by atoms with Gasteiger partial charge in [0, 0.05) is 36.7 Å². The molecule has 4 nitrogen and oxygen atoms in total. The molecular formula is C17H23N3OS. The minimum absolute atomic E-state index is 0.464. The second-order valence-corrected chi connectivity index (χ2v) is 6.46. The number of rotatable bonds is 7. The monoisotopic (exact) mass is 317 g/mol. The second-order valence-electron chi connectivity index (χ2n) is 4.95. The Morgan fingerprint density at radius 3 is 2.68 bits per heavy atom. The molecule has 2 N–H and O–H groups in total. The zero-order valence-corrected chi connectivity index (χ0v) is 13.9. The zero-order valence-electron chi connectivity index (χ0n) is 13.1. The number of hydrogen-bond acceptors (Lipinski definition) is 3. The van der Waals surface area contributed by atoms with Crippen LogP contribution in [0.15, 0.2) is 63.0 Å². The average molecular weight is 317 g/mol. The third kappa shape index (κ3) is 5.85. The molecule has 118 valence electrons. The number of nitrogens with zero attached hydrogens (tertiary/aromatic N) is 1. The highest BCUT2D eigenvalue weighted by atomic mass is 32.2.